The second-order valence-electron chi connectivity index (χ2n) is 3.07. The zero-order valence-corrected chi connectivity index (χ0v) is 8.86. The Kier molecular flexibility index (Phi) is 2.78. The standard InChI is InChI=1S/C10H9ClN4/c1-7-3-2-4-8(5-7)14-10-13-6-12-9(11)15-10/h2-6H,1H3,(H,12,13,14,15). The zero-order chi connectivity index (χ0) is 10.7. The number of rotatable bonds is 2. The van der Waals surface area contributed by atoms with Gasteiger partial charge in [-0.15, -0.1) is 0 Å². The summed E-state index contributed by atoms with van der Waals surface area (Å²) in [5.41, 5.74) is 2.09. The molecule has 1 N–H and O–H groups in total. The molecule has 4 nitrogen and oxygen atoms in total. The van der Waals surface area contributed by atoms with Gasteiger partial charge in [0.2, 0.25) is 11.2 Å². The largest absolute Gasteiger partial charge is 0.324 e. The average molecular weight is 221 g/mol. The summed E-state index contributed by atoms with van der Waals surface area (Å²) in [6.07, 6.45) is 1.37. The van der Waals surface area contributed by atoms with E-state index in [-0.39, 0.29) is 5.28 Å². The van der Waals surface area contributed by atoms with E-state index in [1.165, 1.54) is 11.9 Å². The molecule has 2 rings (SSSR count). The van der Waals surface area contributed by atoms with Crippen molar-refractivity contribution in [3.05, 3.63) is 41.4 Å². The van der Waals surface area contributed by atoms with Crippen molar-refractivity contribution in [2.24, 2.45) is 0 Å². The van der Waals surface area contributed by atoms with Gasteiger partial charge in [0.15, 0.2) is 0 Å². The number of aryl methyl sites for hydroxylation is 1. The van der Waals surface area contributed by atoms with Crippen LogP contribution < -0.4 is 5.32 Å². The van der Waals surface area contributed by atoms with E-state index >= 15 is 0 Å². The maximum atomic E-state index is 5.64. The molecule has 1 aromatic heterocycles. The van der Waals surface area contributed by atoms with Crippen LogP contribution in [-0.2, 0) is 0 Å². The molecule has 0 spiro atoms. The van der Waals surface area contributed by atoms with Gasteiger partial charge in [0.05, 0.1) is 0 Å². The molecule has 5 heteroatoms. The Morgan fingerprint density at radius 1 is 1.27 bits per heavy atom. The lowest BCUT2D eigenvalue weighted by Gasteiger charge is -2.04. The van der Waals surface area contributed by atoms with Gasteiger partial charge >= 0.3 is 0 Å². The van der Waals surface area contributed by atoms with Crippen LogP contribution in [0.3, 0.4) is 0 Å². The first-order valence-corrected chi connectivity index (χ1v) is 4.80. The van der Waals surface area contributed by atoms with Crippen LogP contribution in [0.15, 0.2) is 30.6 Å². The second kappa shape index (κ2) is 4.23. The van der Waals surface area contributed by atoms with Gasteiger partial charge in [-0.1, -0.05) is 12.1 Å². The summed E-state index contributed by atoms with van der Waals surface area (Å²) in [4.78, 5) is 11.6. The topological polar surface area (TPSA) is 50.7 Å². The number of hydrogen-bond acceptors (Lipinski definition) is 4. The molecule has 0 bridgehead atoms. The molecule has 76 valence electrons. The fourth-order valence-corrected chi connectivity index (χ4v) is 1.31. The molecular formula is C10H9ClN4. The van der Waals surface area contributed by atoms with Crippen molar-refractivity contribution in [1.82, 2.24) is 15.0 Å². The summed E-state index contributed by atoms with van der Waals surface area (Å²) in [5, 5.41) is 3.22. The summed E-state index contributed by atoms with van der Waals surface area (Å²) >= 11 is 5.64. The maximum absolute atomic E-state index is 5.64. The highest BCUT2D eigenvalue weighted by Crippen LogP contribution is 2.14. The van der Waals surface area contributed by atoms with Crippen molar-refractivity contribution >= 4 is 23.2 Å². The third-order valence-electron chi connectivity index (χ3n) is 1.82. The van der Waals surface area contributed by atoms with Crippen LogP contribution in [-0.4, -0.2) is 15.0 Å². The lowest BCUT2D eigenvalue weighted by molar-refractivity contribution is 1.05. The molecule has 0 atom stereocenters. The van der Waals surface area contributed by atoms with Crippen LogP contribution >= 0.6 is 11.6 Å². The summed E-state index contributed by atoms with van der Waals surface area (Å²) in [5.74, 6) is 0.445. The lowest BCUT2D eigenvalue weighted by Crippen LogP contribution is -1.97. The molecule has 0 amide bonds. The smallest absolute Gasteiger partial charge is 0.231 e. The van der Waals surface area contributed by atoms with E-state index in [1.54, 1.807) is 0 Å². The van der Waals surface area contributed by atoms with E-state index < -0.39 is 0 Å². The fourth-order valence-electron chi connectivity index (χ4n) is 1.19. The third-order valence-corrected chi connectivity index (χ3v) is 2.00. The minimum Gasteiger partial charge on any atom is -0.324 e. The Morgan fingerprint density at radius 3 is 2.87 bits per heavy atom. The van der Waals surface area contributed by atoms with Crippen molar-refractivity contribution in [2.75, 3.05) is 5.32 Å². The molecule has 0 saturated heterocycles. The first-order valence-electron chi connectivity index (χ1n) is 4.42. The molecule has 15 heavy (non-hydrogen) atoms. The summed E-state index contributed by atoms with van der Waals surface area (Å²) in [6.45, 7) is 2.02. The molecule has 0 aliphatic heterocycles. The van der Waals surface area contributed by atoms with Crippen molar-refractivity contribution < 1.29 is 0 Å². The van der Waals surface area contributed by atoms with Crippen LogP contribution in [0.4, 0.5) is 11.6 Å². The molecule has 0 aliphatic carbocycles. The predicted octanol–water partition coefficient (Wildman–Crippen LogP) is 2.58. The van der Waals surface area contributed by atoms with Crippen LogP contribution in [0.1, 0.15) is 5.56 Å². The normalized spacial score (nSPS) is 10.0. The maximum Gasteiger partial charge on any atom is 0.231 e. The molecule has 0 saturated carbocycles. The van der Waals surface area contributed by atoms with Gasteiger partial charge in [-0.05, 0) is 36.2 Å². The van der Waals surface area contributed by atoms with E-state index in [4.69, 9.17) is 11.6 Å². The van der Waals surface area contributed by atoms with E-state index in [1.807, 2.05) is 31.2 Å². The highest BCUT2D eigenvalue weighted by atomic mass is 35.5. The summed E-state index contributed by atoms with van der Waals surface area (Å²) in [7, 11) is 0. The van der Waals surface area contributed by atoms with E-state index in [2.05, 4.69) is 20.3 Å². The van der Waals surface area contributed by atoms with Crippen molar-refractivity contribution in [3.63, 3.8) is 0 Å². The van der Waals surface area contributed by atoms with Gasteiger partial charge in [-0.25, -0.2) is 9.97 Å². The molecule has 1 aromatic carbocycles. The predicted molar refractivity (Wildman–Crippen MR) is 59.3 cm³/mol. The molecule has 0 aliphatic rings. The molecule has 1 heterocycles. The van der Waals surface area contributed by atoms with Crippen LogP contribution in [0.5, 0.6) is 0 Å². The number of benzene rings is 1. The van der Waals surface area contributed by atoms with E-state index in [0.717, 1.165) is 5.69 Å². The van der Waals surface area contributed by atoms with Gasteiger partial charge in [-0.3, -0.25) is 0 Å². The SMILES string of the molecule is Cc1cccc(Nc2ncnc(Cl)n2)c1. The van der Waals surface area contributed by atoms with E-state index in [9.17, 15) is 0 Å². The monoisotopic (exact) mass is 220 g/mol. The Hall–Kier alpha value is -1.68. The fraction of sp³-hybridized carbons (Fsp3) is 0.100. The van der Waals surface area contributed by atoms with Crippen molar-refractivity contribution in [1.29, 1.82) is 0 Å². The average Bonchev–Trinajstić information content (AvgIpc) is 2.17. The van der Waals surface area contributed by atoms with Gasteiger partial charge in [0, 0.05) is 5.69 Å². The minimum absolute atomic E-state index is 0.181. The molecule has 2 aromatic rings. The highest BCUT2D eigenvalue weighted by Gasteiger charge is 1.98. The van der Waals surface area contributed by atoms with Gasteiger partial charge in [-0.2, -0.15) is 4.98 Å². The summed E-state index contributed by atoms with van der Waals surface area (Å²) < 4.78 is 0. The molecule has 0 radical (unpaired) electrons. The van der Waals surface area contributed by atoms with Crippen LogP contribution in [0, 0.1) is 6.92 Å². The Morgan fingerprint density at radius 2 is 2.13 bits per heavy atom. The third kappa shape index (κ3) is 2.63. The van der Waals surface area contributed by atoms with Crippen molar-refractivity contribution in [2.45, 2.75) is 6.92 Å². The number of hydrogen-bond donors (Lipinski definition) is 1. The van der Waals surface area contributed by atoms with Crippen LogP contribution in [0.25, 0.3) is 0 Å². The van der Waals surface area contributed by atoms with E-state index in [0.29, 0.717) is 5.95 Å². The Labute approximate surface area is 92.4 Å². The van der Waals surface area contributed by atoms with Gasteiger partial charge in [0.25, 0.3) is 0 Å². The van der Waals surface area contributed by atoms with Crippen molar-refractivity contribution in [3.8, 4) is 0 Å². The molecule has 0 unspecified atom stereocenters. The Bertz CT molecular complexity index is 429. The molecule has 0 fully saturated rings. The first-order chi connectivity index (χ1) is 7.24. The molecular weight excluding hydrogens is 212 g/mol. The quantitative estimate of drug-likeness (QED) is 0.845. The Balaban J connectivity index is 2.22. The summed E-state index contributed by atoms with van der Waals surface area (Å²) in [6, 6.07) is 7.91. The van der Waals surface area contributed by atoms with Crippen LogP contribution in [0.2, 0.25) is 5.28 Å². The van der Waals surface area contributed by atoms with Gasteiger partial charge in [0.1, 0.15) is 6.33 Å². The second-order valence-corrected chi connectivity index (χ2v) is 3.41. The zero-order valence-electron chi connectivity index (χ0n) is 8.11. The minimum atomic E-state index is 0.181. The number of nitrogens with one attached hydrogen (secondary N) is 1. The number of nitrogens with zero attached hydrogens (tertiary/aromatic N) is 3. The highest BCUT2D eigenvalue weighted by molar-refractivity contribution is 6.28. The van der Waals surface area contributed by atoms with Gasteiger partial charge < -0.3 is 5.32 Å². The first kappa shape index (κ1) is 9.86. The number of aromatic nitrogens is 3. The number of anilines is 2. The lowest BCUT2D eigenvalue weighted by atomic mass is 10.2. The number of halogens is 1.